The van der Waals surface area contributed by atoms with Crippen LogP contribution in [0.25, 0.3) is 0 Å². The molecule has 8 heteroatoms. The highest BCUT2D eigenvalue weighted by molar-refractivity contribution is 7.78. The number of hydrogen-bond donors (Lipinski definition) is 3. The Labute approximate surface area is 83.6 Å². The van der Waals surface area contributed by atoms with Gasteiger partial charge in [0.15, 0.2) is 0 Å². The second kappa shape index (κ2) is 5.20. The summed E-state index contributed by atoms with van der Waals surface area (Å²) in [5.74, 6) is -2.39. The van der Waals surface area contributed by atoms with Crippen LogP contribution in [0, 0.1) is 0 Å². The van der Waals surface area contributed by atoms with Gasteiger partial charge >= 0.3 is 6.18 Å². The fraction of sp³-hybridized carbons (Fsp3) is 0.667. The van der Waals surface area contributed by atoms with Crippen LogP contribution in [0.3, 0.4) is 0 Å². The Balaban J connectivity index is 4.17. The number of halogens is 3. The van der Waals surface area contributed by atoms with Crippen molar-refractivity contribution in [2.24, 2.45) is 5.73 Å². The standard InChI is InChI=1S/C6H9F3N2O2S/c7-6(8,9)2-1-3(11-14)4(12)5(10)13/h3,11,14H,1-2H2,(H2,10,13). The van der Waals surface area contributed by atoms with Gasteiger partial charge in [0.05, 0.1) is 6.04 Å². The van der Waals surface area contributed by atoms with E-state index in [1.807, 2.05) is 4.72 Å². The lowest BCUT2D eigenvalue weighted by Gasteiger charge is -2.13. The average Bonchev–Trinajstić information content (AvgIpc) is 2.02. The minimum atomic E-state index is -4.37. The lowest BCUT2D eigenvalue weighted by molar-refractivity contribution is -0.142. The predicted octanol–water partition coefficient (Wildman–Crippen LogP) is 0.186. The predicted molar refractivity (Wildman–Crippen MR) is 45.4 cm³/mol. The van der Waals surface area contributed by atoms with Crippen LogP contribution < -0.4 is 10.5 Å². The number of thiol groups is 1. The molecular formula is C6H9F3N2O2S. The van der Waals surface area contributed by atoms with Gasteiger partial charge in [-0.1, -0.05) is 12.8 Å². The summed E-state index contributed by atoms with van der Waals surface area (Å²) in [6.45, 7) is 0. The van der Waals surface area contributed by atoms with Crippen molar-refractivity contribution in [1.29, 1.82) is 0 Å². The first-order valence-corrected chi connectivity index (χ1v) is 4.02. The van der Waals surface area contributed by atoms with Crippen molar-refractivity contribution < 1.29 is 22.8 Å². The maximum Gasteiger partial charge on any atom is 0.389 e. The first kappa shape index (κ1) is 13.2. The van der Waals surface area contributed by atoms with Gasteiger partial charge < -0.3 is 5.73 Å². The van der Waals surface area contributed by atoms with Gasteiger partial charge in [-0.15, -0.1) is 0 Å². The van der Waals surface area contributed by atoms with Crippen molar-refractivity contribution in [3.8, 4) is 0 Å². The van der Waals surface area contributed by atoms with Crippen molar-refractivity contribution in [3.63, 3.8) is 0 Å². The average molecular weight is 230 g/mol. The number of nitrogens with one attached hydrogen (secondary N) is 1. The Hall–Kier alpha value is -0.760. The van der Waals surface area contributed by atoms with E-state index in [1.165, 1.54) is 0 Å². The third kappa shape index (κ3) is 5.07. The van der Waals surface area contributed by atoms with Gasteiger partial charge in [-0.25, -0.2) is 0 Å². The van der Waals surface area contributed by atoms with E-state index in [4.69, 9.17) is 0 Å². The van der Waals surface area contributed by atoms with Crippen LogP contribution in [0.4, 0.5) is 13.2 Å². The summed E-state index contributed by atoms with van der Waals surface area (Å²) >= 11 is 3.43. The van der Waals surface area contributed by atoms with Crippen molar-refractivity contribution >= 4 is 24.5 Å². The Bertz CT molecular complexity index is 232. The summed E-state index contributed by atoms with van der Waals surface area (Å²) in [5, 5.41) is 0. The van der Waals surface area contributed by atoms with E-state index in [2.05, 4.69) is 18.5 Å². The molecule has 1 unspecified atom stereocenters. The van der Waals surface area contributed by atoms with Crippen LogP contribution in [0.15, 0.2) is 0 Å². The number of rotatable bonds is 5. The first-order chi connectivity index (χ1) is 6.28. The smallest absolute Gasteiger partial charge is 0.363 e. The molecule has 0 spiro atoms. The van der Waals surface area contributed by atoms with Gasteiger partial charge in [0.25, 0.3) is 5.91 Å². The van der Waals surface area contributed by atoms with Crippen LogP contribution in [-0.4, -0.2) is 23.9 Å². The first-order valence-electron chi connectivity index (χ1n) is 3.58. The maximum atomic E-state index is 11.7. The van der Waals surface area contributed by atoms with Gasteiger partial charge in [-0.3, -0.25) is 14.3 Å². The van der Waals surface area contributed by atoms with Gasteiger partial charge in [-0.2, -0.15) is 13.2 Å². The number of nitrogens with two attached hydrogens (primary N) is 1. The summed E-state index contributed by atoms with van der Waals surface area (Å²) in [7, 11) is 0. The molecule has 0 bridgehead atoms. The molecule has 0 saturated heterocycles. The Morgan fingerprint density at radius 2 is 1.93 bits per heavy atom. The highest BCUT2D eigenvalue weighted by Gasteiger charge is 2.31. The molecule has 82 valence electrons. The van der Waals surface area contributed by atoms with E-state index in [1.54, 1.807) is 0 Å². The fourth-order valence-corrected chi connectivity index (χ4v) is 0.980. The van der Waals surface area contributed by atoms with Crippen molar-refractivity contribution in [3.05, 3.63) is 0 Å². The summed E-state index contributed by atoms with van der Waals surface area (Å²) in [5.41, 5.74) is 4.61. The zero-order valence-corrected chi connectivity index (χ0v) is 7.86. The maximum absolute atomic E-state index is 11.7. The van der Waals surface area contributed by atoms with Crippen LogP contribution in [0.1, 0.15) is 12.8 Å². The lowest BCUT2D eigenvalue weighted by atomic mass is 10.1. The molecule has 1 atom stereocenters. The zero-order chi connectivity index (χ0) is 11.4. The number of Topliss-reactive ketones (excluding diaryl/α,β-unsaturated/α-hetero) is 1. The van der Waals surface area contributed by atoms with Crippen molar-refractivity contribution in [1.82, 2.24) is 4.72 Å². The number of amides is 1. The highest BCUT2D eigenvalue weighted by Crippen LogP contribution is 2.22. The van der Waals surface area contributed by atoms with Gasteiger partial charge in [0.1, 0.15) is 0 Å². The van der Waals surface area contributed by atoms with Crippen molar-refractivity contribution in [2.45, 2.75) is 25.1 Å². The Morgan fingerprint density at radius 3 is 2.21 bits per heavy atom. The molecule has 1 amide bonds. The third-order valence-corrected chi connectivity index (χ3v) is 1.74. The van der Waals surface area contributed by atoms with Crippen LogP contribution in [0.5, 0.6) is 0 Å². The molecule has 0 aliphatic rings. The molecule has 0 aliphatic heterocycles. The molecule has 0 radical (unpaired) electrons. The third-order valence-electron chi connectivity index (χ3n) is 1.43. The zero-order valence-electron chi connectivity index (χ0n) is 6.97. The highest BCUT2D eigenvalue weighted by atomic mass is 32.1. The molecule has 3 N–H and O–H groups in total. The van der Waals surface area contributed by atoms with E-state index < -0.39 is 36.8 Å². The molecule has 4 nitrogen and oxygen atoms in total. The molecule has 0 saturated carbocycles. The number of carbonyl (C=O) groups is 2. The van der Waals surface area contributed by atoms with E-state index >= 15 is 0 Å². The second-order valence-electron chi connectivity index (χ2n) is 2.56. The fourth-order valence-electron chi connectivity index (χ4n) is 0.734. The van der Waals surface area contributed by atoms with E-state index in [-0.39, 0.29) is 0 Å². The molecule has 0 rings (SSSR count). The summed E-state index contributed by atoms with van der Waals surface area (Å²) in [6, 6.07) is -1.29. The minimum absolute atomic E-state index is 0.561. The molecule has 14 heavy (non-hydrogen) atoms. The number of primary amides is 1. The van der Waals surface area contributed by atoms with Gasteiger partial charge in [0, 0.05) is 6.42 Å². The minimum Gasteiger partial charge on any atom is -0.363 e. The number of ketones is 1. The second-order valence-corrected chi connectivity index (χ2v) is 2.82. The largest absolute Gasteiger partial charge is 0.389 e. The molecule has 0 heterocycles. The SMILES string of the molecule is NC(=O)C(=O)C(CCC(F)(F)F)NS. The Morgan fingerprint density at radius 1 is 1.43 bits per heavy atom. The normalized spacial score (nSPS) is 13.7. The van der Waals surface area contributed by atoms with E-state index in [0.717, 1.165) is 0 Å². The lowest BCUT2D eigenvalue weighted by Crippen LogP contribution is -2.40. The monoisotopic (exact) mass is 230 g/mol. The molecule has 0 aromatic rings. The summed E-state index contributed by atoms with van der Waals surface area (Å²) in [4.78, 5) is 21.2. The van der Waals surface area contributed by atoms with Crippen LogP contribution in [-0.2, 0) is 9.59 Å². The van der Waals surface area contributed by atoms with E-state index in [9.17, 15) is 22.8 Å². The van der Waals surface area contributed by atoms with Crippen molar-refractivity contribution in [2.75, 3.05) is 0 Å². The topological polar surface area (TPSA) is 72.2 Å². The summed E-state index contributed by atoms with van der Waals surface area (Å²) in [6.07, 6.45) is -6.11. The number of hydrogen-bond acceptors (Lipinski definition) is 4. The number of alkyl halides is 3. The quantitative estimate of drug-likeness (QED) is 0.466. The van der Waals surface area contributed by atoms with Gasteiger partial charge in [-0.05, 0) is 6.42 Å². The summed E-state index contributed by atoms with van der Waals surface area (Å²) < 4.78 is 37.2. The molecule has 0 aromatic heterocycles. The Kier molecular flexibility index (Phi) is 4.92. The molecule has 0 aliphatic carbocycles. The van der Waals surface area contributed by atoms with E-state index in [0.29, 0.717) is 0 Å². The number of carbonyl (C=O) groups excluding carboxylic acids is 2. The van der Waals surface area contributed by atoms with Crippen LogP contribution >= 0.6 is 12.8 Å². The molecule has 0 fully saturated rings. The van der Waals surface area contributed by atoms with Gasteiger partial charge in [0.2, 0.25) is 5.78 Å². The van der Waals surface area contributed by atoms with Crippen LogP contribution in [0.2, 0.25) is 0 Å². The molecular weight excluding hydrogens is 221 g/mol. The molecule has 0 aromatic carbocycles.